The maximum absolute atomic E-state index is 12.4. The Morgan fingerprint density at radius 2 is 2.10 bits per heavy atom. The molecule has 2 aromatic heterocycles. The zero-order valence-electron chi connectivity index (χ0n) is 19.7. The van der Waals surface area contributed by atoms with Gasteiger partial charge in [0, 0.05) is 26.0 Å². The van der Waals surface area contributed by atoms with Gasteiger partial charge >= 0.3 is 0 Å². The molecule has 0 bridgehead atoms. The predicted octanol–water partition coefficient (Wildman–Crippen LogP) is 2.30. The zero-order chi connectivity index (χ0) is 24.5. The summed E-state index contributed by atoms with van der Waals surface area (Å²) in [5.74, 6) is -0.346. The molecule has 1 aliphatic carbocycles. The molecule has 0 radical (unpaired) electrons. The first kappa shape index (κ1) is 16.7. The lowest BCUT2D eigenvalue weighted by Gasteiger charge is -2.16. The molecule has 3 N–H and O–H groups in total. The molecule has 11 heteroatoms. The second kappa shape index (κ2) is 8.38. The van der Waals surface area contributed by atoms with E-state index in [2.05, 4.69) is 36.3 Å². The highest BCUT2D eigenvalue weighted by molar-refractivity contribution is 6.00. The van der Waals surface area contributed by atoms with Crippen molar-refractivity contribution in [2.75, 3.05) is 24.7 Å². The van der Waals surface area contributed by atoms with Crippen molar-refractivity contribution in [3.05, 3.63) is 35.9 Å². The number of amides is 2. The van der Waals surface area contributed by atoms with E-state index >= 15 is 0 Å². The second-order valence-electron chi connectivity index (χ2n) is 6.88. The summed E-state index contributed by atoms with van der Waals surface area (Å²) < 4.78 is 33.1. The van der Waals surface area contributed by atoms with Crippen LogP contribution in [0.5, 0.6) is 5.75 Å². The molecule has 0 saturated heterocycles. The summed E-state index contributed by atoms with van der Waals surface area (Å²) in [6.07, 6.45) is 1.61. The number of hydrogen-bond acceptors (Lipinski definition) is 9. The molecule has 1 aliphatic rings. The molecule has 3 aromatic rings. The SMILES string of the molecule is [2H]C([2H])([2H])Oc1c(Nc2cc(NC(=O)C3CC3)nnc2C(=O)NC)cccc1-c1noc(C)n1. The number of nitrogens with zero attached hydrogens (tertiary/aromatic N) is 4. The number of aryl methyl sites for hydroxylation is 1. The molecule has 160 valence electrons. The van der Waals surface area contributed by atoms with Crippen LogP contribution in [0, 0.1) is 12.8 Å². The third-order valence-corrected chi connectivity index (χ3v) is 4.59. The molecule has 11 nitrogen and oxygen atoms in total. The number of benzene rings is 1. The first-order chi connectivity index (χ1) is 16.1. The zero-order valence-corrected chi connectivity index (χ0v) is 16.7. The van der Waals surface area contributed by atoms with E-state index in [1.807, 2.05) is 0 Å². The lowest BCUT2D eigenvalue weighted by atomic mass is 10.1. The van der Waals surface area contributed by atoms with Gasteiger partial charge < -0.3 is 25.2 Å². The third-order valence-electron chi connectivity index (χ3n) is 4.59. The fourth-order valence-corrected chi connectivity index (χ4v) is 2.88. The monoisotopic (exact) mass is 426 g/mol. The van der Waals surface area contributed by atoms with Gasteiger partial charge in [-0.2, -0.15) is 4.98 Å². The minimum Gasteiger partial charge on any atom is -0.494 e. The van der Waals surface area contributed by atoms with Gasteiger partial charge in [0.25, 0.3) is 5.91 Å². The van der Waals surface area contributed by atoms with E-state index in [0.29, 0.717) is 0 Å². The lowest BCUT2D eigenvalue weighted by Crippen LogP contribution is -2.22. The van der Waals surface area contributed by atoms with Crippen LogP contribution in [-0.4, -0.2) is 46.2 Å². The number of hydrogen-bond donors (Lipinski definition) is 3. The highest BCUT2D eigenvalue weighted by atomic mass is 16.5. The Morgan fingerprint density at radius 1 is 1.26 bits per heavy atom. The van der Waals surface area contributed by atoms with Gasteiger partial charge in [0.05, 0.1) is 28.1 Å². The van der Waals surface area contributed by atoms with E-state index < -0.39 is 12.9 Å². The van der Waals surface area contributed by atoms with Crippen LogP contribution in [0.15, 0.2) is 28.8 Å². The van der Waals surface area contributed by atoms with Gasteiger partial charge in [-0.1, -0.05) is 11.2 Å². The first-order valence-corrected chi connectivity index (χ1v) is 9.45. The number of para-hydroxylation sites is 1. The van der Waals surface area contributed by atoms with Crippen molar-refractivity contribution < 1.29 is 23.0 Å². The van der Waals surface area contributed by atoms with Gasteiger partial charge in [0.1, 0.15) is 0 Å². The van der Waals surface area contributed by atoms with Gasteiger partial charge in [-0.3, -0.25) is 9.59 Å². The Labute approximate surface area is 181 Å². The van der Waals surface area contributed by atoms with E-state index in [4.69, 9.17) is 13.4 Å². The number of aromatic nitrogens is 4. The van der Waals surface area contributed by atoms with Crippen molar-refractivity contribution in [1.82, 2.24) is 25.7 Å². The summed E-state index contributed by atoms with van der Waals surface area (Å²) >= 11 is 0. The molecular weight excluding hydrogens is 402 g/mol. The van der Waals surface area contributed by atoms with Crippen LogP contribution in [0.1, 0.15) is 33.3 Å². The molecule has 1 aromatic carbocycles. The van der Waals surface area contributed by atoms with Crippen molar-refractivity contribution in [3.63, 3.8) is 0 Å². The number of ether oxygens (including phenoxy) is 1. The molecule has 2 amide bonds. The highest BCUT2D eigenvalue weighted by Gasteiger charge is 2.30. The van der Waals surface area contributed by atoms with Gasteiger partial charge in [0.15, 0.2) is 17.3 Å². The van der Waals surface area contributed by atoms with E-state index in [-0.39, 0.29) is 57.7 Å². The quantitative estimate of drug-likeness (QED) is 0.518. The molecule has 2 heterocycles. The molecule has 0 aliphatic heterocycles. The molecule has 4 rings (SSSR count). The van der Waals surface area contributed by atoms with E-state index in [1.165, 1.54) is 13.1 Å². The Kier molecular flexibility index (Phi) is 4.53. The molecule has 0 spiro atoms. The third kappa shape index (κ3) is 4.29. The average Bonchev–Trinajstić information content (AvgIpc) is 3.55. The molecule has 1 saturated carbocycles. The van der Waals surface area contributed by atoms with Crippen LogP contribution >= 0.6 is 0 Å². The van der Waals surface area contributed by atoms with Crippen molar-refractivity contribution in [2.24, 2.45) is 5.92 Å². The summed E-state index contributed by atoms with van der Waals surface area (Å²) in [6.45, 7) is 1.60. The van der Waals surface area contributed by atoms with Crippen molar-refractivity contribution >= 4 is 29.0 Å². The highest BCUT2D eigenvalue weighted by Crippen LogP contribution is 2.37. The molecule has 1 fully saturated rings. The number of rotatable bonds is 7. The largest absolute Gasteiger partial charge is 0.494 e. The minimum absolute atomic E-state index is 0.0637. The van der Waals surface area contributed by atoms with Crippen LogP contribution in [0.4, 0.5) is 17.2 Å². The van der Waals surface area contributed by atoms with Crippen molar-refractivity contribution in [1.29, 1.82) is 0 Å². The van der Waals surface area contributed by atoms with E-state index in [1.54, 1.807) is 25.1 Å². The topological polar surface area (TPSA) is 144 Å². The summed E-state index contributed by atoms with van der Waals surface area (Å²) in [5.41, 5.74) is 0.530. The molecule has 31 heavy (non-hydrogen) atoms. The van der Waals surface area contributed by atoms with Crippen LogP contribution < -0.4 is 20.7 Å². The van der Waals surface area contributed by atoms with Gasteiger partial charge in [-0.15, -0.1) is 10.2 Å². The lowest BCUT2D eigenvalue weighted by molar-refractivity contribution is -0.117. The van der Waals surface area contributed by atoms with Gasteiger partial charge in [-0.25, -0.2) is 0 Å². The number of anilines is 3. The second-order valence-corrected chi connectivity index (χ2v) is 6.88. The molecule has 0 unspecified atom stereocenters. The summed E-state index contributed by atoms with van der Waals surface area (Å²) in [6, 6.07) is 6.18. The Hall–Kier alpha value is -4.02. The Balaban J connectivity index is 1.77. The maximum Gasteiger partial charge on any atom is 0.273 e. The number of carbonyl (C=O) groups is 2. The fraction of sp³-hybridized carbons (Fsp3) is 0.300. The number of methoxy groups -OCH3 is 1. The smallest absolute Gasteiger partial charge is 0.273 e. The maximum atomic E-state index is 12.4. The fourth-order valence-electron chi connectivity index (χ4n) is 2.88. The number of carbonyl (C=O) groups excluding carboxylic acids is 2. The van der Waals surface area contributed by atoms with Crippen LogP contribution in [0.3, 0.4) is 0 Å². The van der Waals surface area contributed by atoms with Crippen LogP contribution in [0.25, 0.3) is 11.4 Å². The standard InChI is InChI=1S/C20H21N7O4/c1-10-22-18(27-31-10)12-5-4-6-13(17(12)30-3)23-14-9-15(24-19(28)11-7-8-11)25-26-16(14)20(29)21-2/h4-6,9,11H,7-8H2,1-3H3,(H,21,29)(H2,23,24,25,28)/i3D3. The Bertz CT molecular complexity index is 1240. The van der Waals surface area contributed by atoms with Gasteiger partial charge in [-0.05, 0) is 25.0 Å². The summed E-state index contributed by atoms with van der Waals surface area (Å²) in [4.78, 5) is 28.7. The number of nitrogens with one attached hydrogen (secondary N) is 3. The van der Waals surface area contributed by atoms with Crippen LogP contribution in [-0.2, 0) is 4.79 Å². The van der Waals surface area contributed by atoms with Crippen molar-refractivity contribution in [2.45, 2.75) is 19.8 Å². The van der Waals surface area contributed by atoms with Gasteiger partial charge in [0.2, 0.25) is 17.6 Å². The Morgan fingerprint density at radius 3 is 2.77 bits per heavy atom. The first-order valence-electron chi connectivity index (χ1n) is 10.9. The average molecular weight is 426 g/mol. The summed E-state index contributed by atoms with van der Waals surface area (Å²) in [7, 11) is -1.37. The van der Waals surface area contributed by atoms with Crippen LogP contribution in [0.2, 0.25) is 0 Å². The normalized spacial score (nSPS) is 14.7. The van der Waals surface area contributed by atoms with E-state index in [0.717, 1.165) is 12.8 Å². The molecule has 0 atom stereocenters. The minimum atomic E-state index is -2.80. The van der Waals surface area contributed by atoms with Crippen molar-refractivity contribution in [3.8, 4) is 17.1 Å². The summed E-state index contributed by atoms with van der Waals surface area (Å²) in [5, 5.41) is 19.8. The predicted molar refractivity (Wildman–Crippen MR) is 111 cm³/mol. The molecular formula is C20H21N7O4. The van der Waals surface area contributed by atoms with E-state index in [9.17, 15) is 9.59 Å².